The molecule has 0 fully saturated rings. The Morgan fingerprint density at radius 1 is 1.22 bits per heavy atom. The number of pyridine rings is 1. The van der Waals surface area contributed by atoms with Crippen LogP contribution in [0.4, 0.5) is 0 Å². The number of aliphatic hydroxyl groups excluding tert-OH is 1. The summed E-state index contributed by atoms with van der Waals surface area (Å²) in [5, 5.41) is 10.3. The van der Waals surface area contributed by atoms with Gasteiger partial charge in [0.05, 0.1) is 6.61 Å². The normalized spacial score (nSPS) is 10.6. The molecule has 0 aliphatic rings. The molecule has 0 atom stereocenters. The van der Waals surface area contributed by atoms with E-state index in [-0.39, 0.29) is 24.6 Å². The van der Waals surface area contributed by atoms with Crippen molar-refractivity contribution in [2.24, 2.45) is 0 Å². The van der Waals surface area contributed by atoms with Crippen molar-refractivity contribution in [3.8, 4) is 0 Å². The van der Waals surface area contributed by atoms with E-state index in [9.17, 15) is 14.7 Å². The van der Waals surface area contributed by atoms with Crippen molar-refractivity contribution >= 4 is 29.1 Å². The second kappa shape index (κ2) is 7.64. The molecule has 1 heterocycles. The van der Waals surface area contributed by atoms with E-state index in [0.29, 0.717) is 22.3 Å². The highest BCUT2D eigenvalue weighted by atomic mass is 35.5. The van der Waals surface area contributed by atoms with Crippen LogP contribution in [0.5, 0.6) is 0 Å². The molecule has 0 aliphatic carbocycles. The lowest BCUT2D eigenvalue weighted by Gasteiger charge is -2.19. The van der Waals surface area contributed by atoms with Gasteiger partial charge in [0, 0.05) is 35.4 Å². The number of carbonyl (C=O) groups is 1. The number of rotatable bonds is 5. The number of halogens is 2. The SMILES string of the molecule is CN(Cc1cc(Cl)cc(Cl)c1)C(=O)Cn1c(CO)cccc1=O. The standard InChI is InChI=1S/C16H16Cl2N2O3/c1-19(8-11-5-12(17)7-13(18)6-11)16(23)9-20-14(10-21)3-2-4-15(20)22/h2-7,21H,8-10H2,1H3. The third-order valence-electron chi connectivity index (χ3n) is 3.36. The van der Waals surface area contributed by atoms with Gasteiger partial charge in [0.15, 0.2) is 0 Å². The van der Waals surface area contributed by atoms with Crippen LogP contribution < -0.4 is 5.56 Å². The van der Waals surface area contributed by atoms with Crippen molar-refractivity contribution in [1.29, 1.82) is 0 Å². The summed E-state index contributed by atoms with van der Waals surface area (Å²) in [5.41, 5.74) is 0.857. The maximum absolute atomic E-state index is 12.3. The van der Waals surface area contributed by atoms with Crippen molar-refractivity contribution in [3.63, 3.8) is 0 Å². The predicted octanol–water partition coefficient (Wildman–Crippen LogP) is 2.31. The number of likely N-dealkylation sites (N-methyl/N-ethyl adjacent to an activating group) is 1. The molecule has 0 bridgehead atoms. The number of amides is 1. The van der Waals surface area contributed by atoms with Gasteiger partial charge in [0.1, 0.15) is 6.54 Å². The maximum Gasteiger partial charge on any atom is 0.251 e. The molecule has 0 unspecified atom stereocenters. The minimum absolute atomic E-state index is 0.139. The van der Waals surface area contributed by atoms with Crippen LogP contribution in [0.2, 0.25) is 10.0 Å². The van der Waals surface area contributed by atoms with Crippen molar-refractivity contribution in [3.05, 3.63) is 68.1 Å². The molecule has 1 amide bonds. The van der Waals surface area contributed by atoms with E-state index in [4.69, 9.17) is 23.2 Å². The van der Waals surface area contributed by atoms with Crippen molar-refractivity contribution in [2.45, 2.75) is 19.7 Å². The zero-order valence-corrected chi connectivity index (χ0v) is 14.0. The van der Waals surface area contributed by atoms with Crippen molar-refractivity contribution in [2.75, 3.05) is 7.05 Å². The number of aromatic nitrogens is 1. The van der Waals surface area contributed by atoms with Crippen LogP contribution in [0.25, 0.3) is 0 Å². The molecule has 1 N–H and O–H groups in total. The van der Waals surface area contributed by atoms with Gasteiger partial charge in [0.2, 0.25) is 5.91 Å². The Morgan fingerprint density at radius 2 is 1.87 bits per heavy atom. The Morgan fingerprint density at radius 3 is 2.48 bits per heavy atom. The minimum atomic E-state index is -0.330. The first-order chi connectivity index (χ1) is 10.9. The Bertz CT molecular complexity index is 754. The van der Waals surface area contributed by atoms with Crippen LogP contribution >= 0.6 is 23.2 Å². The predicted molar refractivity (Wildman–Crippen MR) is 89.6 cm³/mol. The van der Waals surface area contributed by atoms with Gasteiger partial charge in [-0.15, -0.1) is 0 Å². The zero-order chi connectivity index (χ0) is 17.0. The molecule has 1 aromatic heterocycles. The van der Waals surface area contributed by atoms with E-state index in [1.807, 2.05) is 0 Å². The van der Waals surface area contributed by atoms with E-state index in [1.165, 1.54) is 15.5 Å². The first-order valence-electron chi connectivity index (χ1n) is 6.89. The number of nitrogens with zero attached hydrogens (tertiary/aromatic N) is 2. The van der Waals surface area contributed by atoms with Crippen LogP contribution in [0.3, 0.4) is 0 Å². The van der Waals surface area contributed by atoms with Crippen LogP contribution in [-0.2, 0) is 24.5 Å². The number of hydrogen-bond acceptors (Lipinski definition) is 3. The number of carbonyl (C=O) groups excluding carboxylic acids is 1. The zero-order valence-electron chi connectivity index (χ0n) is 12.5. The molecular weight excluding hydrogens is 339 g/mol. The van der Waals surface area contributed by atoms with Gasteiger partial charge in [-0.05, 0) is 29.8 Å². The molecule has 0 saturated heterocycles. The molecule has 23 heavy (non-hydrogen) atoms. The van der Waals surface area contributed by atoms with Gasteiger partial charge < -0.3 is 14.6 Å². The van der Waals surface area contributed by atoms with Gasteiger partial charge in [0.25, 0.3) is 5.56 Å². The van der Waals surface area contributed by atoms with Gasteiger partial charge in [-0.25, -0.2) is 0 Å². The fraction of sp³-hybridized carbons (Fsp3) is 0.250. The fourth-order valence-electron chi connectivity index (χ4n) is 2.20. The smallest absolute Gasteiger partial charge is 0.251 e. The van der Waals surface area contributed by atoms with E-state index in [1.54, 1.807) is 37.4 Å². The van der Waals surface area contributed by atoms with Crippen LogP contribution in [0.1, 0.15) is 11.3 Å². The highest BCUT2D eigenvalue weighted by Gasteiger charge is 2.13. The summed E-state index contributed by atoms with van der Waals surface area (Å²) < 4.78 is 1.25. The van der Waals surface area contributed by atoms with E-state index in [0.717, 1.165) is 5.56 Å². The number of hydrogen-bond donors (Lipinski definition) is 1. The van der Waals surface area contributed by atoms with Crippen molar-refractivity contribution in [1.82, 2.24) is 9.47 Å². The lowest BCUT2D eigenvalue weighted by atomic mass is 10.2. The Hall–Kier alpha value is -1.82. The van der Waals surface area contributed by atoms with Gasteiger partial charge in [-0.3, -0.25) is 9.59 Å². The average molecular weight is 355 g/mol. The third kappa shape index (κ3) is 4.58. The topological polar surface area (TPSA) is 62.5 Å². The summed E-state index contributed by atoms with van der Waals surface area (Å²) in [6.45, 7) is -0.132. The highest BCUT2D eigenvalue weighted by molar-refractivity contribution is 6.34. The monoisotopic (exact) mass is 354 g/mol. The molecule has 7 heteroatoms. The third-order valence-corrected chi connectivity index (χ3v) is 3.80. The summed E-state index contributed by atoms with van der Waals surface area (Å²) in [6, 6.07) is 9.57. The summed E-state index contributed by atoms with van der Waals surface area (Å²) in [7, 11) is 1.63. The summed E-state index contributed by atoms with van der Waals surface area (Å²) in [5.74, 6) is -0.260. The minimum Gasteiger partial charge on any atom is -0.390 e. The maximum atomic E-state index is 12.3. The Labute approximate surface area is 143 Å². The molecule has 0 radical (unpaired) electrons. The largest absolute Gasteiger partial charge is 0.390 e. The second-order valence-corrected chi connectivity index (χ2v) is 6.00. The fourth-order valence-corrected chi connectivity index (χ4v) is 2.77. The quantitative estimate of drug-likeness (QED) is 0.895. The Kier molecular flexibility index (Phi) is 5.82. The van der Waals surface area contributed by atoms with E-state index < -0.39 is 0 Å². The first-order valence-corrected chi connectivity index (χ1v) is 7.65. The number of aliphatic hydroxyl groups is 1. The molecule has 0 saturated carbocycles. The summed E-state index contributed by atoms with van der Waals surface area (Å²) >= 11 is 11.9. The lowest BCUT2D eigenvalue weighted by Crippen LogP contribution is -2.34. The Balaban J connectivity index is 2.13. The molecule has 0 spiro atoms. The molecule has 122 valence electrons. The number of benzene rings is 1. The molecule has 2 aromatic rings. The van der Waals surface area contributed by atoms with Gasteiger partial charge >= 0.3 is 0 Å². The molecular formula is C16H16Cl2N2O3. The highest BCUT2D eigenvalue weighted by Crippen LogP contribution is 2.20. The van der Waals surface area contributed by atoms with Gasteiger partial charge in [-0.2, -0.15) is 0 Å². The van der Waals surface area contributed by atoms with Crippen LogP contribution in [-0.4, -0.2) is 27.5 Å². The second-order valence-electron chi connectivity index (χ2n) is 5.13. The lowest BCUT2D eigenvalue weighted by molar-refractivity contribution is -0.131. The average Bonchev–Trinajstić information content (AvgIpc) is 2.48. The first kappa shape index (κ1) is 17.5. The van der Waals surface area contributed by atoms with Crippen LogP contribution in [0, 0.1) is 0 Å². The molecule has 2 rings (SSSR count). The summed E-state index contributed by atoms with van der Waals surface area (Å²) in [4.78, 5) is 25.7. The molecule has 0 aliphatic heterocycles. The van der Waals surface area contributed by atoms with Crippen molar-refractivity contribution < 1.29 is 9.90 Å². The summed E-state index contributed by atoms with van der Waals surface area (Å²) in [6.07, 6.45) is 0. The van der Waals surface area contributed by atoms with Gasteiger partial charge in [-0.1, -0.05) is 29.3 Å². The van der Waals surface area contributed by atoms with E-state index in [2.05, 4.69) is 0 Å². The molecule has 1 aromatic carbocycles. The van der Waals surface area contributed by atoms with E-state index >= 15 is 0 Å². The van der Waals surface area contributed by atoms with Crippen LogP contribution in [0.15, 0.2) is 41.2 Å². The molecule has 5 nitrogen and oxygen atoms in total.